The standard InChI is InChI=1S/C17H13F2N3O/c1-10-8-16(12-4-2-3-5-15(12)20-10)22-17(23)21-11-6-7-13(18)14(19)9-11/h2-9H,1H3,(H2,20,21,22,23). The number of hydrogen-bond donors (Lipinski definition) is 2. The average Bonchev–Trinajstić information content (AvgIpc) is 2.51. The zero-order chi connectivity index (χ0) is 16.4. The number of fused-ring (bicyclic) bond motifs is 1. The lowest BCUT2D eigenvalue weighted by Gasteiger charge is -2.11. The van der Waals surface area contributed by atoms with Crippen molar-refractivity contribution >= 4 is 28.3 Å². The van der Waals surface area contributed by atoms with E-state index in [-0.39, 0.29) is 5.69 Å². The monoisotopic (exact) mass is 313 g/mol. The summed E-state index contributed by atoms with van der Waals surface area (Å²) in [6, 6.07) is 11.8. The first-order valence-corrected chi connectivity index (χ1v) is 6.92. The maximum atomic E-state index is 13.2. The van der Waals surface area contributed by atoms with Crippen LogP contribution in [0.25, 0.3) is 10.9 Å². The molecule has 1 heterocycles. The van der Waals surface area contributed by atoms with Crippen LogP contribution in [-0.2, 0) is 0 Å². The highest BCUT2D eigenvalue weighted by molar-refractivity contribution is 6.05. The van der Waals surface area contributed by atoms with E-state index >= 15 is 0 Å². The Hall–Kier alpha value is -3.02. The van der Waals surface area contributed by atoms with Crippen LogP contribution in [0.1, 0.15) is 5.69 Å². The zero-order valence-electron chi connectivity index (χ0n) is 12.2. The first-order valence-electron chi connectivity index (χ1n) is 6.92. The predicted octanol–water partition coefficient (Wildman–Crippen LogP) is 4.47. The molecule has 0 unspecified atom stereocenters. The highest BCUT2D eigenvalue weighted by Crippen LogP contribution is 2.23. The fourth-order valence-corrected chi connectivity index (χ4v) is 2.27. The first kappa shape index (κ1) is 14.9. The second kappa shape index (κ2) is 6.00. The van der Waals surface area contributed by atoms with Gasteiger partial charge in [-0.2, -0.15) is 0 Å². The molecule has 0 aliphatic heterocycles. The lowest BCUT2D eigenvalue weighted by Crippen LogP contribution is -2.20. The Balaban J connectivity index is 1.84. The molecule has 0 saturated carbocycles. The summed E-state index contributed by atoms with van der Waals surface area (Å²) in [7, 11) is 0. The summed E-state index contributed by atoms with van der Waals surface area (Å²) in [5, 5.41) is 5.96. The Morgan fingerprint density at radius 1 is 1.00 bits per heavy atom. The van der Waals surface area contributed by atoms with Crippen LogP contribution in [0.5, 0.6) is 0 Å². The van der Waals surface area contributed by atoms with Crippen LogP contribution in [0.4, 0.5) is 25.0 Å². The Morgan fingerprint density at radius 2 is 1.78 bits per heavy atom. The van der Waals surface area contributed by atoms with Crippen molar-refractivity contribution in [3.8, 4) is 0 Å². The second-order valence-electron chi connectivity index (χ2n) is 5.04. The molecule has 0 spiro atoms. The van der Waals surface area contributed by atoms with Crippen molar-refractivity contribution in [2.75, 3.05) is 10.6 Å². The normalized spacial score (nSPS) is 10.6. The van der Waals surface area contributed by atoms with Crippen molar-refractivity contribution in [2.45, 2.75) is 6.92 Å². The minimum atomic E-state index is -1.02. The van der Waals surface area contributed by atoms with Gasteiger partial charge in [0, 0.05) is 22.8 Å². The van der Waals surface area contributed by atoms with E-state index in [1.54, 1.807) is 6.07 Å². The number of nitrogens with zero attached hydrogens (tertiary/aromatic N) is 1. The SMILES string of the molecule is Cc1cc(NC(=O)Nc2ccc(F)c(F)c2)c2ccccc2n1. The largest absolute Gasteiger partial charge is 0.323 e. The third-order valence-electron chi connectivity index (χ3n) is 3.27. The van der Waals surface area contributed by atoms with Crippen LogP contribution < -0.4 is 10.6 Å². The maximum Gasteiger partial charge on any atom is 0.323 e. The number of benzene rings is 2. The minimum Gasteiger partial charge on any atom is -0.308 e. The van der Waals surface area contributed by atoms with Crippen molar-refractivity contribution in [3.63, 3.8) is 0 Å². The third kappa shape index (κ3) is 3.26. The van der Waals surface area contributed by atoms with E-state index in [1.165, 1.54) is 6.07 Å². The summed E-state index contributed by atoms with van der Waals surface area (Å²) in [6.45, 7) is 1.82. The van der Waals surface area contributed by atoms with E-state index in [0.717, 1.165) is 28.7 Å². The molecule has 3 aromatic rings. The highest BCUT2D eigenvalue weighted by atomic mass is 19.2. The molecule has 2 amide bonds. The molecule has 23 heavy (non-hydrogen) atoms. The van der Waals surface area contributed by atoms with E-state index in [1.807, 2.05) is 31.2 Å². The number of carbonyl (C=O) groups excluding carboxylic acids is 1. The molecule has 2 N–H and O–H groups in total. The van der Waals surface area contributed by atoms with Crippen LogP contribution in [0.2, 0.25) is 0 Å². The minimum absolute atomic E-state index is 0.163. The van der Waals surface area contributed by atoms with Gasteiger partial charge >= 0.3 is 6.03 Å². The number of urea groups is 1. The lowest BCUT2D eigenvalue weighted by molar-refractivity contribution is 0.262. The van der Waals surface area contributed by atoms with Gasteiger partial charge in [-0.05, 0) is 31.2 Å². The Bertz CT molecular complexity index is 896. The van der Waals surface area contributed by atoms with Gasteiger partial charge in [0.25, 0.3) is 0 Å². The Morgan fingerprint density at radius 3 is 2.57 bits per heavy atom. The predicted molar refractivity (Wildman–Crippen MR) is 85.5 cm³/mol. The number of hydrogen-bond acceptors (Lipinski definition) is 2. The lowest BCUT2D eigenvalue weighted by atomic mass is 10.1. The maximum absolute atomic E-state index is 13.2. The molecule has 2 aromatic carbocycles. The number of amides is 2. The highest BCUT2D eigenvalue weighted by Gasteiger charge is 2.09. The molecule has 0 radical (unpaired) electrons. The zero-order valence-corrected chi connectivity index (χ0v) is 12.2. The number of aryl methyl sites for hydroxylation is 1. The van der Waals surface area contributed by atoms with Gasteiger partial charge in [0.15, 0.2) is 11.6 Å². The second-order valence-corrected chi connectivity index (χ2v) is 5.04. The van der Waals surface area contributed by atoms with E-state index in [9.17, 15) is 13.6 Å². The molecule has 4 nitrogen and oxygen atoms in total. The van der Waals surface area contributed by atoms with Crippen molar-refractivity contribution in [2.24, 2.45) is 0 Å². The number of carbonyl (C=O) groups is 1. The van der Waals surface area contributed by atoms with E-state index in [4.69, 9.17) is 0 Å². The van der Waals surface area contributed by atoms with Crippen molar-refractivity contribution in [3.05, 3.63) is 65.9 Å². The summed E-state index contributed by atoms with van der Waals surface area (Å²) in [5.74, 6) is -1.99. The fourth-order valence-electron chi connectivity index (χ4n) is 2.27. The summed E-state index contributed by atoms with van der Waals surface area (Å²) in [4.78, 5) is 16.5. The molecule has 1 aromatic heterocycles. The van der Waals surface area contributed by atoms with Gasteiger partial charge in [0.05, 0.1) is 11.2 Å². The van der Waals surface area contributed by atoms with E-state index in [0.29, 0.717) is 5.69 Å². The third-order valence-corrected chi connectivity index (χ3v) is 3.27. The summed E-state index contributed by atoms with van der Waals surface area (Å²) < 4.78 is 26.1. The molecule has 6 heteroatoms. The number of para-hydroxylation sites is 1. The van der Waals surface area contributed by atoms with Crippen molar-refractivity contribution < 1.29 is 13.6 Å². The molecule has 0 bridgehead atoms. The van der Waals surface area contributed by atoms with Crippen LogP contribution >= 0.6 is 0 Å². The quantitative estimate of drug-likeness (QED) is 0.733. The summed E-state index contributed by atoms with van der Waals surface area (Å²) in [6.07, 6.45) is 0. The number of rotatable bonds is 2. The summed E-state index contributed by atoms with van der Waals surface area (Å²) in [5.41, 5.74) is 2.27. The van der Waals surface area contributed by atoms with Crippen LogP contribution in [0.3, 0.4) is 0 Å². The molecule has 116 valence electrons. The summed E-state index contributed by atoms with van der Waals surface area (Å²) >= 11 is 0. The number of pyridine rings is 1. The van der Waals surface area contributed by atoms with Crippen molar-refractivity contribution in [1.82, 2.24) is 4.98 Å². The molecule has 3 rings (SSSR count). The number of halogens is 2. The van der Waals surface area contributed by atoms with Gasteiger partial charge in [-0.15, -0.1) is 0 Å². The fraction of sp³-hybridized carbons (Fsp3) is 0.0588. The smallest absolute Gasteiger partial charge is 0.308 e. The Kier molecular flexibility index (Phi) is 3.89. The van der Waals surface area contributed by atoms with Gasteiger partial charge in [-0.1, -0.05) is 18.2 Å². The van der Waals surface area contributed by atoms with Gasteiger partial charge in [-0.3, -0.25) is 4.98 Å². The number of aromatic nitrogens is 1. The molecular formula is C17H13F2N3O. The molecule has 0 aliphatic rings. The molecule has 0 fully saturated rings. The molecule has 0 saturated heterocycles. The Labute approximate surface area is 131 Å². The van der Waals surface area contributed by atoms with Gasteiger partial charge in [0.1, 0.15) is 0 Å². The van der Waals surface area contributed by atoms with E-state index in [2.05, 4.69) is 15.6 Å². The van der Waals surface area contributed by atoms with Gasteiger partial charge in [0.2, 0.25) is 0 Å². The topological polar surface area (TPSA) is 54.0 Å². The van der Waals surface area contributed by atoms with Gasteiger partial charge in [-0.25, -0.2) is 13.6 Å². The average molecular weight is 313 g/mol. The van der Waals surface area contributed by atoms with E-state index < -0.39 is 17.7 Å². The van der Waals surface area contributed by atoms with Crippen LogP contribution in [0.15, 0.2) is 48.5 Å². The first-order chi connectivity index (χ1) is 11.0. The number of anilines is 2. The van der Waals surface area contributed by atoms with Crippen LogP contribution in [-0.4, -0.2) is 11.0 Å². The number of nitrogens with one attached hydrogen (secondary N) is 2. The molecule has 0 atom stereocenters. The van der Waals surface area contributed by atoms with Gasteiger partial charge < -0.3 is 10.6 Å². The molecule has 0 aliphatic carbocycles. The van der Waals surface area contributed by atoms with Crippen molar-refractivity contribution in [1.29, 1.82) is 0 Å². The molecular weight excluding hydrogens is 300 g/mol. The van der Waals surface area contributed by atoms with Crippen LogP contribution in [0, 0.1) is 18.6 Å².